The van der Waals surface area contributed by atoms with Gasteiger partial charge in [-0.25, -0.2) is 0 Å². The summed E-state index contributed by atoms with van der Waals surface area (Å²) in [7, 11) is 1.30. The Morgan fingerprint density at radius 3 is 2.39 bits per heavy atom. The molecule has 2 heterocycles. The van der Waals surface area contributed by atoms with E-state index in [0.29, 0.717) is 6.42 Å². The number of rotatable bonds is 6. The van der Waals surface area contributed by atoms with E-state index in [1.165, 1.54) is 11.9 Å². The maximum absolute atomic E-state index is 13.7. The topological polar surface area (TPSA) is 123 Å². The Kier molecular flexibility index (Phi) is 7.63. The fourth-order valence-corrected chi connectivity index (χ4v) is 5.98. The maximum atomic E-state index is 13.7. The predicted octanol–water partition coefficient (Wildman–Crippen LogP) is 1.87. The summed E-state index contributed by atoms with van der Waals surface area (Å²) in [4.78, 5) is 53.4. The quantitative estimate of drug-likeness (QED) is 0.562. The van der Waals surface area contributed by atoms with Gasteiger partial charge in [-0.3, -0.25) is 19.2 Å². The number of likely N-dealkylation sites (tertiary alicyclic amines) is 1. The molecule has 3 rings (SSSR count). The van der Waals surface area contributed by atoms with Crippen molar-refractivity contribution in [2.24, 2.45) is 11.3 Å². The summed E-state index contributed by atoms with van der Waals surface area (Å²) in [5.74, 6) is -3.87. The van der Waals surface area contributed by atoms with Gasteiger partial charge in [0, 0.05) is 19.1 Å². The zero-order valence-corrected chi connectivity index (χ0v) is 21.1. The zero-order valence-electron chi connectivity index (χ0n) is 21.1. The van der Waals surface area contributed by atoms with Crippen LogP contribution in [0.4, 0.5) is 13.2 Å². The van der Waals surface area contributed by atoms with Crippen molar-refractivity contribution in [3.63, 3.8) is 0 Å². The van der Waals surface area contributed by atoms with Crippen molar-refractivity contribution >= 4 is 23.6 Å². The molecule has 3 aliphatic rings. The van der Waals surface area contributed by atoms with E-state index < -0.39 is 47.4 Å². The number of hydrogen-bond acceptors (Lipinski definition) is 5. The Balaban J connectivity index is 1.81. The van der Waals surface area contributed by atoms with Crippen molar-refractivity contribution < 1.29 is 32.3 Å². The molecule has 9 nitrogen and oxygen atoms in total. The first-order valence-corrected chi connectivity index (χ1v) is 12.3. The fourth-order valence-electron chi connectivity index (χ4n) is 5.98. The summed E-state index contributed by atoms with van der Waals surface area (Å²) >= 11 is 0. The summed E-state index contributed by atoms with van der Waals surface area (Å²) in [5.41, 5.74) is -1.17. The minimum Gasteiger partial charge on any atom is -0.350 e. The molecule has 2 saturated heterocycles. The Labute approximate surface area is 208 Å². The van der Waals surface area contributed by atoms with Crippen LogP contribution in [-0.2, 0) is 19.2 Å². The second-order valence-electron chi connectivity index (χ2n) is 11.0. The molecule has 0 aromatic rings. The third kappa shape index (κ3) is 5.30. The molecule has 3 fully saturated rings. The molecule has 0 aromatic carbocycles. The normalized spacial score (nSPS) is 26.7. The number of nitrogens with zero attached hydrogens (tertiary/aromatic N) is 3. The largest absolute Gasteiger partial charge is 0.471 e. The van der Waals surface area contributed by atoms with Crippen LogP contribution in [0.2, 0.25) is 0 Å². The van der Waals surface area contributed by atoms with Gasteiger partial charge in [-0.1, -0.05) is 26.7 Å². The first-order valence-electron chi connectivity index (χ1n) is 12.3. The second kappa shape index (κ2) is 9.90. The van der Waals surface area contributed by atoms with E-state index in [2.05, 4.69) is 11.4 Å². The third-order valence-corrected chi connectivity index (χ3v) is 7.73. The number of halogens is 3. The van der Waals surface area contributed by atoms with Crippen LogP contribution < -0.4 is 10.6 Å². The van der Waals surface area contributed by atoms with E-state index in [4.69, 9.17) is 0 Å². The van der Waals surface area contributed by atoms with Crippen molar-refractivity contribution in [3.05, 3.63) is 0 Å². The van der Waals surface area contributed by atoms with Gasteiger partial charge in [0.05, 0.1) is 11.5 Å². The average molecular weight is 514 g/mol. The third-order valence-electron chi connectivity index (χ3n) is 7.73. The highest BCUT2D eigenvalue weighted by molar-refractivity contribution is 5.94. The molecule has 36 heavy (non-hydrogen) atoms. The number of carbonyl (C=O) groups is 4. The standard InChI is InChI=1S/C24H34F3N5O4/c1-14(2)9-17(31(4)18(33)15(3)29-21(36)24(25,26)27)19(34)32-13-22(10-16(32)11-28)12-23(30-20(22)35)7-5-6-8-23/h14-17H,5-10,12-13H2,1-4H3,(H,29,36)(H,30,35)/t15-,16-,17-,22+/m0/s1. The van der Waals surface area contributed by atoms with E-state index in [-0.39, 0.29) is 36.8 Å². The molecule has 4 atom stereocenters. The highest BCUT2D eigenvalue weighted by Crippen LogP contribution is 2.51. The fraction of sp³-hybridized carbons (Fsp3) is 0.792. The Hall–Kier alpha value is -2.84. The summed E-state index contributed by atoms with van der Waals surface area (Å²) in [5, 5.41) is 14.6. The van der Waals surface area contributed by atoms with Crippen LogP contribution in [-0.4, -0.2) is 76.9 Å². The molecule has 0 aromatic heterocycles. The number of carbonyl (C=O) groups excluding carboxylic acids is 4. The Morgan fingerprint density at radius 1 is 1.25 bits per heavy atom. The minimum atomic E-state index is -5.15. The summed E-state index contributed by atoms with van der Waals surface area (Å²) in [6.45, 7) is 4.82. The summed E-state index contributed by atoms with van der Waals surface area (Å²) in [6, 6.07) is -1.33. The van der Waals surface area contributed by atoms with Crippen LogP contribution in [0, 0.1) is 22.7 Å². The lowest BCUT2D eigenvalue weighted by molar-refractivity contribution is -0.175. The van der Waals surface area contributed by atoms with Crippen molar-refractivity contribution in [2.45, 2.75) is 95.6 Å². The molecular formula is C24H34F3N5O4. The van der Waals surface area contributed by atoms with Crippen LogP contribution in [0.1, 0.15) is 65.7 Å². The van der Waals surface area contributed by atoms with Gasteiger partial charge in [-0.05, 0) is 44.9 Å². The molecule has 2 aliphatic heterocycles. The lowest BCUT2D eigenvalue weighted by Crippen LogP contribution is -2.56. The van der Waals surface area contributed by atoms with Crippen LogP contribution in [0.3, 0.4) is 0 Å². The molecular weight excluding hydrogens is 479 g/mol. The SMILES string of the molecule is CC(C)C[C@@H](C(=O)N1C[C@@]2(C[C@H]1C#N)CC1(CCCC1)NC2=O)N(C)C(=O)[C@H](C)NC(=O)C(F)(F)F. The van der Waals surface area contributed by atoms with Gasteiger partial charge >= 0.3 is 12.1 Å². The predicted molar refractivity (Wildman–Crippen MR) is 122 cm³/mol. The number of alkyl halides is 3. The smallest absolute Gasteiger partial charge is 0.350 e. The average Bonchev–Trinajstić information content (AvgIpc) is 3.47. The highest BCUT2D eigenvalue weighted by atomic mass is 19.4. The van der Waals surface area contributed by atoms with Crippen LogP contribution in [0.15, 0.2) is 0 Å². The van der Waals surface area contributed by atoms with Crippen molar-refractivity contribution in [2.75, 3.05) is 13.6 Å². The molecule has 0 radical (unpaired) electrons. The van der Waals surface area contributed by atoms with Gasteiger partial charge in [0.15, 0.2) is 0 Å². The first-order chi connectivity index (χ1) is 16.6. The first kappa shape index (κ1) is 27.7. The van der Waals surface area contributed by atoms with Crippen LogP contribution in [0.5, 0.6) is 0 Å². The highest BCUT2D eigenvalue weighted by Gasteiger charge is 2.61. The molecule has 4 amide bonds. The molecule has 0 unspecified atom stereocenters. The Morgan fingerprint density at radius 2 is 1.86 bits per heavy atom. The van der Waals surface area contributed by atoms with Gasteiger partial charge in [0.2, 0.25) is 17.7 Å². The molecule has 12 heteroatoms. The molecule has 0 bridgehead atoms. The second-order valence-corrected chi connectivity index (χ2v) is 11.0. The minimum absolute atomic E-state index is 0.0502. The number of likely N-dealkylation sites (N-methyl/N-ethyl adjacent to an activating group) is 1. The van der Waals surface area contributed by atoms with Gasteiger partial charge in [-0.2, -0.15) is 18.4 Å². The number of amides is 4. The lowest BCUT2D eigenvalue weighted by Gasteiger charge is -2.34. The van der Waals surface area contributed by atoms with E-state index in [9.17, 15) is 37.6 Å². The lowest BCUT2D eigenvalue weighted by atomic mass is 9.78. The molecule has 1 saturated carbocycles. The van der Waals surface area contributed by atoms with E-state index in [1.54, 1.807) is 5.32 Å². The maximum Gasteiger partial charge on any atom is 0.471 e. The number of nitriles is 1. The van der Waals surface area contributed by atoms with E-state index in [0.717, 1.165) is 37.5 Å². The monoisotopic (exact) mass is 513 g/mol. The van der Waals surface area contributed by atoms with E-state index >= 15 is 0 Å². The number of nitrogens with one attached hydrogen (secondary N) is 2. The van der Waals surface area contributed by atoms with Crippen molar-refractivity contribution in [3.8, 4) is 6.07 Å². The molecule has 1 aliphatic carbocycles. The van der Waals surface area contributed by atoms with Gasteiger partial charge in [-0.15, -0.1) is 0 Å². The summed E-state index contributed by atoms with van der Waals surface area (Å²) < 4.78 is 37.9. The molecule has 2 spiro atoms. The van der Waals surface area contributed by atoms with Crippen LogP contribution in [0.25, 0.3) is 0 Å². The van der Waals surface area contributed by atoms with Crippen LogP contribution >= 0.6 is 0 Å². The van der Waals surface area contributed by atoms with Gasteiger partial charge in [0.25, 0.3) is 0 Å². The number of hydrogen-bond donors (Lipinski definition) is 2. The van der Waals surface area contributed by atoms with Crippen molar-refractivity contribution in [1.82, 2.24) is 20.4 Å². The van der Waals surface area contributed by atoms with Gasteiger partial charge in [0.1, 0.15) is 18.1 Å². The molecule has 2 N–H and O–H groups in total. The summed E-state index contributed by atoms with van der Waals surface area (Å²) in [6.07, 6.45) is -0.472. The van der Waals surface area contributed by atoms with Crippen molar-refractivity contribution in [1.29, 1.82) is 5.26 Å². The van der Waals surface area contributed by atoms with E-state index in [1.807, 2.05) is 13.8 Å². The molecule has 200 valence electrons. The van der Waals surface area contributed by atoms with Gasteiger partial charge < -0.3 is 20.4 Å². The Bertz CT molecular complexity index is 956. The zero-order chi connectivity index (χ0) is 27.1.